The molecule has 0 aromatic carbocycles. The molecule has 0 atom stereocenters. The van der Waals surface area contributed by atoms with Gasteiger partial charge in [-0.15, -0.1) is 24.2 Å². The Hall–Kier alpha value is -1.64. The van der Waals surface area contributed by atoms with Crippen molar-refractivity contribution in [3.63, 3.8) is 0 Å². The van der Waals surface area contributed by atoms with E-state index in [1.807, 2.05) is 25.2 Å². The number of piperidine rings is 1. The van der Waals surface area contributed by atoms with Gasteiger partial charge in [0.15, 0.2) is 5.82 Å². The Labute approximate surface area is 157 Å². The number of aromatic nitrogens is 4. The van der Waals surface area contributed by atoms with Gasteiger partial charge in [0, 0.05) is 24.9 Å². The molecule has 7 nitrogen and oxygen atoms in total. The van der Waals surface area contributed by atoms with Gasteiger partial charge in [-0.3, -0.25) is 15.1 Å². The van der Waals surface area contributed by atoms with E-state index in [4.69, 9.17) is 0 Å². The Morgan fingerprint density at radius 2 is 2.20 bits per heavy atom. The van der Waals surface area contributed by atoms with E-state index in [2.05, 4.69) is 25.7 Å². The van der Waals surface area contributed by atoms with Gasteiger partial charge in [-0.05, 0) is 38.1 Å². The van der Waals surface area contributed by atoms with Crippen molar-refractivity contribution in [1.29, 1.82) is 0 Å². The number of amides is 1. The number of nitrogens with zero attached hydrogens (tertiary/aromatic N) is 4. The second kappa shape index (κ2) is 9.74. The monoisotopic (exact) mass is 382 g/mol. The molecule has 136 valence electrons. The summed E-state index contributed by atoms with van der Waals surface area (Å²) in [7, 11) is 1.81. The van der Waals surface area contributed by atoms with E-state index < -0.39 is 0 Å². The molecule has 3 rings (SSSR count). The Morgan fingerprint density at radius 1 is 1.40 bits per heavy atom. The highest BCUT2D eigenvalue weighted by atomic mass is 35.5. The Bertz CT molecular complexity index is 675. The largest absolute Gasteiger partial charge is 0.317 e. The minimum absolute atomic E-state index is 0. The lowest BCUT2D eigenvalue weighted by Gasteiger charge is -2.19. The van der Waals surface area contributed by atoms with E-state index in [9.17, 15) is 4.79 Å². The molecule has 0 radical (unpaired) electrons. The maximum absolute atomic E-state index is 12.1. The van der Waals surface area contributed by atoms with Gasteiger partial charge in [-0.1, -0.05) is 6.07 Å². The van der Waals surface area contributed by atoms with Crippen molar-refractivity contribution in [3.05, 3.63) is 35.9 Å². The van der Waals surface area contributed by atoms with Gasteiger partial charge < -0.3 is 5.32 Å². The van der Waals surface area contributed by atoms with Crippen molar-refractivity contribution >= 4 is 36.0 Å². The standard InChI is InChI=1S/C16H22N6OS.ClH/c1-22-16(20-15(21-22)12-5-8-17-9-6-12)19-14(23)11-24-10-13-4-2-3-7-18-13;/h2-4,7,12,17H,5-6,8-11H2,1H3,(H,19,20,21,23);1H. The Kier molecular flexibility index (Phi) is 7.67. The second-order valence-electron chi connectivity index (χ2n) is 5.80. The summed E-state index contributed by atoms with van der Waals surface area (Å²) in [6.45, 7) is 1.99. The van der Waals surface area contributed by atoms with Crippen molar-refractivity contribution in [2.45, 2.75) is 24.5 Å². The zero-order valence-electron chi connectivity index (χ0n) is 14.1. The summed E-state index contributed by atoms with van der Waals surface area (Å²) in [4.78, 5) is 20.9. The number of rotatable bonds is 6. The molecule has 2 aromatic heterocycles. The normalized spacial score (nSPS) is 14.8. The first kappa shape index (κ1) is 19.7. The molecule has 1 amide bonds. The number of carbonyl (C=O) groups is 1. The van der Waals surface area contributed by atoms with Crippen LogP contribution in [-0.2, 0) is 17.6 Å². The van der Waals surface area contributed by atoms with Gasteiger partial charge >= 0.3 is 0 Å². The molecular formula is C16H23ClN6OS. The van der Waals surface area contributed by atoms with Crippen LogP contribution in [0.5, 0.6) is 0 Å². The average molecular weight is 383 g/mol. The van der Waals surface area contributed by atoms with Crippen molar-refractivity contribution in [3.8, 4) is 0 Å². The maximum atomic E-state index is 12.1. The number of anilines is 1. The summed E-state index contributed by atoms with van der Waals surface area (Å²) in [5.41, 5.74) is 0.974. The topological polar surface area (TPSA) is 84.7 Å². The predicted molar refractivity (Wildman–Crippen MR) is 102 cm³/mol. The maximum Gasteiger partial charge on any atom is 0.236 e. The zero-order chi connectivity index (χ0) is 16.8. The second-order valence-corrected chi connectivity index (χ2v) is 6.79. The highest BCUT2D eigenvalue weighted by molar-refractivity contribution is 7.99. The lowest BCUT2D eigenvalue weighted by Crippen LogP contribution is -2.27. The molecule has 0 saturated carbocycles. The van der Waals surface area contributed by atoms with Crippen molar-refractivity contribution in [1.82, 2.24) is 25.1 Å². The van der Waals surface area contributed by atoms with E-state index >= 15 is 0 Å². The number of carbonyl (C=O) groups excluding carboxylic acids is 1. The average Bonchev–Trinajstić information content (AvgIpc) is 2.97. The van der Waals surface area contributed by atoms with E-state index in [0.29, 0.717) is 23.4 Å². The molecule has 0 bridgehead atoms. The van der Waals surface area contributed by atoms with Crippen LogP contribution < -0.4 is 10.6 Å². The van der Waals surface area contributed by atoms with E-state index in [-0.39, 0.29) is 18.3 Å². The summed E-state index contributed by atoms with van der Waals surface area (Å²) in [5.74, 6) is 2.74. The molecule has 1 aliphatic heterocycles. The van der Waals surface area contributed by atoms with Crippen LogP contribution in [-0.4, -0.2) is 44.5 Å². The third-order valence-electron chi connectivity index (χ3n) is 3.94. The molecule has 1 fully saturated rings. The highest BCUT2D eigenvalue weighted by Gasteiger charge is 2.21. The molecule has 1 aliphatic rings. The number of thioether (sulfide) groups is 1. The van der Waals surface area contributed by atoms with Crippen molar-refractivity contribution in [2.75, 3.05) is 24.2 Å². The SMILES string of the molecule is Cl.Cn1nc(C2CCNCC2)nc1NC(=O)CSCc1ccccn1. The lowest BCUT2D eigenvalue weighted by molar-refractivity contribution is -0.113. The Morgan fingerprint density at radius 3 is 2.92 bits per heavy atom. The van der Waals surface area contributed by atoms with E-state index in [1.54, 1.807) is 10.9 Å². The first-order chi connectivity index (χ1) is 11.7. The quantitative estimate of drug-likeness (QED) is 0.794. The fourth-order valence-corrected chi connectivity index (χ4v) is 3.40. The molecule has 0 aliphatic carbocycles. The smallest absolute Gasteiger partial charge is 0.236 e. The number of pyridine rings is 1. The predicted octanol–water partition coefficient (Wildman–Crippen LogP) is 1.97. The molecule has 1 saturated heterocycles. The summed E-state index contributed by atoms with van der Waals surface area (Å²) in [5, 5.41) is 10.6. The van der Waals surface area contributed by atoms with Crippen LogP contribution in [0.3, 0.4) is 0 Å². The number of nitrogens with one attached hydrogen (secondary N) is 2. The van der Waals surface area contributed by atoms with Crippen molar-refractivity contribution < 1.29 is 4.79 Å². The van der Waals surface area contributed by atoms with Gasteiger partial charge in [-0.2, -0.15) is 10.1 Å². The lowest BCUT2D eigenvalue weighted by atomic mass is 9.98. The van der Waals surface area contributed by atoms with Gasteiger partial charge in [0.1, 0.15) is 0 Å². The van der Waals surface area contributed by atoms with Gasteiger partial charge in [0.2, 0.25) is 11.9 Å². The fourth-order valence-electron chi connectivity index (χ4n) is 2.66. The Balaban J connectivity index is 0.00000225. The van der Waals surface area contributed by atoms with Crippen LogP contribution in [0.1, 0.15) is 30.3 Å². The van der Waals surface area contributed by atoms with Crippen LogP contribution in [0.2, 0.25) is 0 Å². The molecule has 25 heavy (non-hydrogen) atoms. The molecule has 2 N–H and O–H groups in total. The van der Waals surface area contributed by atoms with Crippen molar-refractivity contribution in [2.24, 2.45) is 7.05 Å². The zero-order valence-corrected chi connectivity index (χ0v) is 15.8. The molecule has 3 heterocycles. The van der Waals surface area contributed by atoms with Gasteiger partial charge in [0.05, 0.1) is 11.4 Å². The number of halogens is 1. The van der Waals surface area contributed by atoms with E-state index in [0.717, 1.165) is 37.4 Å². The van der Waals surface area contributed by atoms with Crippen LogP contribution >= 0.6 is 24.2 Å². The first-order valence-corrected chi connectivity index (χ1v) is 9.27. The molecule has 0 unspecified atom stereocenters. The summed E-state index contributed by atoms with van der Waals surface area (Å²) < 4.78 is 1.65. The molecule has 2 aromatic rings. The first-order valence-electron chi connectivity index (χ1n) is 8.11. The summed E-state index contributed by atoms with van der Waals surface area (Å²) in [6.07, 6.45) is 3.84. The van der Waals surface area contributed by atoms with Gasteiger partial charge in [0.25, 0.3) is 0 Å². The summed E-state index contributed by atoms with van der Waals surface area (Å²) >= 11 is 1.53. The molecule has 9 heteroatoms. The van der Waals surface area contributed by atoms with Crippen LogP contribution in [0, 0.1) is 0 Å². The highest BCUT2D eigenvalue weighted by Crippen LogP contribution is 2.23. The fraction of sp³-hybridized carbons (Fsp3) is 0.500. The number of hydrogen-bond donors (Lipinski definition) is 2. The molecule has 0 spiro atoms. The van der Waals surface area contributed by atoms with Crippen LogP contribution in [0.25, 0.3) is 0 Å². The van der Waals surface area contributed by atoms with Crippen LogP contribution in [0.15, 0.2) is 24.4 Å². The third kappa shape index (κ3) is 5.69. The third-order valence-corrected chi connectivity index (χ3v) is 4.91. The summed E-state index contributed by atoms with van der Waals surface area (Å²) in [6, 6.07) is 5.79. The van der Waals surface area contributed by atoms with Gasteiger partial charge in [-0.25, -0.2) is 4.68 Å². The number of hydrogen-bond acceptors (Lipinski definition) is 6. The van der Waals surface area contributed by atoms with Crippen LogP contribution in [0.4, 0.5) is 5.95 Å². The molecular weight excluding hydrogens is 360 g/mol. The minimum Gasteiger partial charge on any atom is -0.317 e. The van der Waals surface area contributed by atoms with E-state index in [1.165, 1.54) is 11.8 Å². The number of aryl methyl sites for hydroxylation is 1. The minimum atomic E-state index is -0.0664.